The monoisotopic (exact) mass is 234 g/mol. The van der Waals surface area contributed by atoms with Crippen LogP contribution in [0.1, 0.15) is 10.4 Å². The van der Waals surface area contributed by atoms with E-state index >= 15 is 0 Å². The number of carbonyl (C=O) groups excluding carboxylic acids is 1. The van der Waals surface area contributed by atoms with Crippen LogP contribution in [-0.2, 0) is 6.54 Å². The molecule has 6 heteroatoms. The van der Waals surface area contributed by atoms with Gasteiger partial charge in [-0.05, 0) is 6.07 Å². The lowest BCUT2D eigenvalue weighted by molar-refractivity contribution is 0.0951. The summed E-state index contributed by atoms with van der Waals surface area (Å²) in [7, 11) is 0. The van der Waals surface area contributed by atoms with Crippen molar-refractivity contribution in [2.75, 3.05) is 6.54 Å². The molecule has 1 amide bonds. The van der Waals surface area contributed by atoms with Crippen LogP contribution in [0.5, 0.6) is 0 Å². The number of carbonyl (C=O) groups is 1. The molecule has 88 valence electrons. The van der Waals surface area contributed by atoms with Crippen LogP contribution < -0.4 is 5.32 Å². The van der Waals surface area contributed by atoms with Crippen molar-refractivity contribution in [2.24, 2.45) is 0 Å². The van der Waals surface area contributed by atoms with Crippen molar-refractivity contribution in [2.45, 2.75) is 6.54 Å². The fourth-order valence-corrected chi connectivity index (χ4v) is 1.36. The van der Waals surface area contributed by atoms with Crippen molar-refractivity contribution < 1.29 is 9.18 Å². The number of rotatable bonds is 4. The maximum atomic E-state index is 12.8. The van der Waals surface area contributed by atoms with E-state index < -0.39 is 5.95 Å². The van der Waals surface area contributed by atoms with Gasteiger partial charge >= 0.3 is 0 Å². The van der Waals surface area contributed by atoms with E-state index in [9.17, 15) is 9.18 Å². The summed E-state index contributed by atoms with van der Waals surface area (Å²) in [6.45, 7) is 1.08. The summed E-state index contributed by atoms with van der Waals surface area (Å²) in [5.41, 5.74) is 0.267. The molecule has 2 aromatic rings. The summed E-state index contributed by atoms with van der Waals surface area (Å²) >= 11 is 0. The number of aromatic nitrogens is 3. The second kappa shape index (κ2) is 5.20. The van der Waals surface area contributed by atoms with E-state index in [0.717, 1.165) is 6.07 Å². The number of hydrogen-bond donors (Lipinski definition) is 1. The third-order valence-electron chi connectivity index (χ3n) is 2.20. The number of hydrogen-bond acceptors (Lipinski definition) is 3. The van der Waals surface area contributed by atoms with Crippen LogP contribution in [0.25, 0.3) is 0 Å². The van der Waals surface area contributed by atoms with Gasteiger partial charge in [-0.15, -0.1) is 0 Å². The highest BCUT2D eigenvalue weighted by atomic mass is 19.1. The van der Waals surface area contributed by atoms with Crippen molar-refractivity contribution in [1.82, 2.24) is 19.9 Å². The summed E-state index contributed by atoms with van der Waals surface area (Å²) in [4.78, 5) is 18.9. The minimum Gasteiger partial charge on any atom is -0.350 e. The van der Waals surface area contributed by atoms with Crippen LogP contribution in [0.4, 0.5) is 4.39 Å². The Bertz CT molecular complexity index is 498. The van der Waals surface area contributed by atoms with Gasteiger partial charge in [-0.3, -0.25) is 4.79 Å². The molecule has 0 spiro atoms. The van der Waals surface area contributed by atoms with Crippen LogP contribution in [0, 0.1) is 5.95 Å². The fraction of sp³-hybridized carbons (Fsp3) is 0.182. The molecule has 2 rings (SSSR count). The molecule has 0 fully saturated rings. The van der Waals surface area contributed by atoms with E-state index in [4.69, 9.17) is 0 Å². The van der Waals surface area contributed by atoms with Crippen molar-refractivity contribution >= 4 is 5.91 Å². The lowest BCUT2D eigenvalue weighted by Gasteiger charge is -2.05. The second-order valence-electron chi connectivity index (χ2n) is 3.42. The van der Waals surface area contributed by atoms with Gasteiger partial charge in [0.25, 0.3) is 5.91 Å². The smallest absolute Gasteiger partial charge is 0.251 e. The second-order valence-corrected chi connectivity index (χ2v) is 3.42. The maximum absolute atomic E-state index is 12.8. The summed E-state index contributed by atoms with van der Waals surface area (Å²) in [5.74, 6) is -0.973. The Morgan fingerprint density at radius 3 is 3.06 bits per heavy atom. The topological polar surface area (TPSA) is 59.8 Å². The van der Waals surface area contributed by atoms with E-state index in [2.05, 4.69) is 15.3 Å². The maximum Gasteiger partial charge on any atom is 0.251 e. The molecule has 0 aromatic carbocycles. The highest BCUT2D eigenvalue weighted by Crippen LogP contribution is 1.99. The Kier molecular flexibility index (Phi) is 3.44. The predicted octanol–water partition coefficient (Wildman–Crippen LogP) is 0.847. The zero-order valence-corrected chi connectivity index (χ0v) is 9.01. The van der Waals surface area contributed by atoms with Crippen LogP contribution in [-0.4, -0.2) is 27.0 Å². The molecule has 0 radical (unpaired) electrons. The number of halogens is 1. The first-order chi connectivity index (χ1) is 8.25. The molecule has 17 heavy (non-hydrogen) atoms. The Morgan fingerprint density at radius 2 is 2.35 bits per heavy atom. The molecule has 0 atom stereocenters. The Balaban J connectivity index is 1.85. The predicted molar refractivity (Wildman–Crippen MR) is 58.8 cm³/mol. The molecule has 5 nitrogen and oxygen atoms in total. The van der Waals surface area contributed by atoms with E-state index in [0.29, 0.717) is 13.1 Å². The van der Waals surface area contributed by atoms with Crippen molar-refractivity contribution in [3.05, 3.63) is 48.6 Å². The quantitative estimate of drug-likeness (QED) is 0.798. The van der Waals surface area contributed by atoms with Crippen LogP contribution in [0.2, 0.25) is 0 Å². The largest absolute Gasteiger partial charge is 0.350 e. The lowest BCUT2D eigenvalue weighted by Crippen LogP contribution is -2.27. The van der Waals surface area contributed by atoms with Gasteiger partial charge < -0.3 is 9.88 Å². The van der Waals surface area contributed by atoms with Crippen molar-refractivity contribution in [3.8, 4) is 0 Å². The van der Waals surface area contributed by atoms with E-state index in [1.807, 2.05) is 4.57 Å². The number of imidazole rings is 1. The average Bonchev–Trinajstić information content (AvgIpc) is 2.82. The lowest BCUT2D eigenvalue weighted by atomic mass is 10.2. The first-order valence-electron chi connectivity index (χ1n) is 5.11. The van der Waals surface area contributed by atoms with E-state index in [-0.39, 0.29) is 11.5 Å². The summed E-state index contributed by atoms with van der Waals surface area (Å²) < 4.78 is 14.6. The molecule has 0 saturated heterocycles. The SMILES string of the molecule is O=C(NCCn1ccnc1)c1ccnc(F)c1. The average molecular weight is 234 g/mol. The molecule has 0 aliphatic rings. The highest BCUT2D eigenvalue weighted by Gasteiger charge is 2.05. The molecule has 2 heterocycles. The zero-order valence-electron chi connectivity index (χ0n) is 9.01. The Labute approximate surface area is 97.3 Å². The Hall–Kier alpha value is -2.24. The minimum absolute atomic E-state index is 0.267. The molecule has 0 bridgehead atoms. The van der Waals surface area contributed by atoms with Crippen LogP contribution in [0.3, 0.4) is 0 Å². The summed E-state index contributed by atoms with van der Waals surface area (Å²) in [5, 5.41) is 2.68. The normalized spacial score (nSPS) is 10.2. The van der Waals surface area contributed by atoms with Gasteiger partial charge in [0.05, 0.1) is 6.33 Å². The Morgan fingerprint density at radius 1 is 1.47 bits per heavy atom. The molecule has 0 saturated carbocycles. The number of nitrogens with zero attached hydrogens (tertiary/aromatic N) is 3. The van der Waals surface area contributed by atoms with Gasteiger partial charge in [-0.25, -0.2) is 9.97 Å². The molecular weight excluding hydrogens is 223 g/mol. The summed E-state index contributed by atoms with van der Waals surface area (Å²) in [6.07, 6.45) is 6.40. The van der Waals surface area contributed by atoms with Crippen LogP contribution >= 0.6 is 0 Å². The van der Waals surface area contributed by atoms with Gasteiger partial charge in [0.1, 0.15) is 0 Å². The van der Waals surface area contributed by atoms with Crippen molar-refractivity contribution in [3.63, 3.8) is 0 Å². The number of pyridine rings is 1. The standard InChI is InChI=1S/C11H11FN4O/c12-10-7-9(1-2-14-10)11(17)15-4-6-16-5-3-13-8-16/h1-3,5,7-8H,4,6H2,(H,15,17). The molecule has 2 aromatic heterocycles. The molecule has 0 aliphatic carbocycles. The van der Waals surface area contributed by atoms with Gasteiger partial charge in [0.2, 0.25) is 5.95 Å². The van der Waals surface area contributed by atoms with Gasteiger partial charge in [0, 0.05) is 43.3 Å². The molecule has 1 N–H and O–H groups in total. The molecule has 0 unspecified atom stereocenters. The molecule has 0 aliphatic heterocycles. The molecular formula is C11H11FN4O. The van der Waals surface area contributed by atoms with Gasteiger partial charge in [-0.1, -0.05) is 0 Å². The van der Waals surface area contributed by atoms with Crippen molar-refractivity contribution in [1.29, 1.82) is 0 Å². The van der Waals surface area contributed by atoms with Gasteiger partial charge in [0.15, 0.2) is 0 Å². The third-order valence-corrected chi connectivity index (χ3v) is 2.20. The van der Waals surface area contributed by atoms with E-state index in [1.54, 1.807) is 18.7 Å². The van der Waals surface area contributed by atoms with E-state index in [1.165, 1.54) is 12.3 Å². The first-order valence-corrected chi connectivity index (χ1v) is 5.11. The fourth-order valence-electron chi connectivity index (χ4n) is 1.36. The van der Waals surface area contributed by atoms with Crippen LogP contribution in [0.15, 0.2) is 37.1 Å². The third kappa shape index (κ3) is 3.10. The summed E-state index contributed by atoms with van der Waals surface area (Å²) in [6, 6.07) is 2.57. The first kappa shape index (κ1) is 11.3. The minimum atomic E-state index is -0.660. The van der Waals surface area contributed by atoms with Gasteiger partial charge in [-0.2, -0.15) is 4.39 Å². The number of nitrogens with one attached hydrogen (secondary N) is 1. The zero-order chi connectivity index (χ0) is 12.1. The number of amides is 1. The highest BCUT2D eigenvalue weighted by molar-refractivity contribution is 5.93.